The number of hydrogen-bond acceptors (Lipinski definition) is 5. The third kappa shape index (κ3) is 4.60. The molecule has 1 aromatic heterocycles. The third-order valence-electron chi connectivity index (χ3n) is 3.43. The molecular weight excluding hydrogens is 340 g/mol. The van der Waals surface area contributed by atoms with Crippen LogP contribution in [0.5, 0.6) is 5.88 Å². The van der Waals surface area contributed by atoms with Crippen molar-refractivity contribution in [2.45, 2.75) is 6.92 Å². The fourth-order valence-electron chi connectivity index (χ4n) is 2.22. The van der Waals surface area contributed by atoms with Crippen LogP contribution in [-0.2, 0) is 0 Å². The van der Waals surface area contributed by atoms with E-state index in [2.05, 4.69) is 15.3 Å². The second kappa shape index (κ2) is 7.69. The van der Waals surface area contributed by atoms with E-state index in [-0.39, 0.29) is 30.0 Å². The summed E-state index contributed by atoms with van der Waals surface area (Å²) in [4.78, 5) is 20.4. The SMILES string of the molecule is Cc1cc(OCC(=O)c2ccc(F)cc2)nc(Nc2cccc(F)c2)n1. The maximum Gasteiger partial charge on any atom is 0.230 e. The predicted molar refractivity (Wildman–Crippen MR) is 92.7 cm³/mol. The van der Waals surface area contributed by atoms with E-state index in [0.717, 1.165) is 0 Å². The molecule has 3 rings (SSSR count). The summed E-state index contributed by atoms with van der Waals surface area (Å²) in [5.41, 5.74) is 1.45. The Morgan fingerprint density at radius 3 is 2.54 bits per heavy atom. The summed E-state index contributed by atoms with van der Waals surface area (Å²) in [6, 6.07) is 12.7. The zero-order valence-corrected chi connectivity index (χ0v) is 13.9. The van der Waals surface area contributed by atoms with Crippen molar-refractivity contribution in [3.63, 3.8) is 0 Å². The minimum Gasteiger partial charge on any atom is -0.469 e. The molecule has 3 aromatic rings. The number of benzene rings is 2. The molecule has 5 nitrogen and oxygen atoms in total. The number of aromatic nitrogens is 2. The molecule has 2 aromatic carbocycles. The number of halogens is 2. The van der Waals surface area contributed by atoms with Crippen molar-refractivity contribution >= 4 is 17.4 Å². The lowest BCUT2D eigenvalue weighted by Gasteiger charge is -2.09. The standard InChI is InChI=1S/C19H15F2N3O2/c1-12-9-18(26-11-17(25)13-5-7-14(20)8-6-13)24-19(22-12)23-16-4-2-3-15(21)10-16/h2-10H,11H2,1H3,(H,22,23,24). The number of carbonyl (C=O) groups excluding carboxylic acids is 1. The number of nitrogens with zero attached hydrogens (tertiary/aromatic N) is 2. The van der Waals surface area contributed by atoms with Crippen LogP contribution in [0, 0.1) is 18.6 Å². The molecule has 0 atom stereocenters. The van der Waals surface area contributed by atoms with Crippen LogP contribution in [0.3, 0.4) is 0 Å². The number of carbonyl (C=O) groups is 1. The van der Waals surface area contributed by atoms with Crippen LogP contribution in [0.1, 0.15) is 16.1 Å². The zero-order valence-electron chi connectivity index (χ0n) is 13.9. The van der Waals surface area contributed by atoms with Gasteiger partial charge in [-0.15, -0.1) is 0 Å². The first-order valence-electron chi connectivity index (χ1n) is 7.79. The number of ketones is 1. The number of aryl methyl sites for hydroxylation is 1. The Bertz CT molecular complexity index is 930. The fourth-order valence-corrected chi connectivity index (χ4v) is 2.22. The number of rotatable bonds is 6. The van der Waals surface area contributed by atoms with E-state index < -0.39 is 5.82 Å². The molecule has 0 amide bonds. The first kappa shape index (κ1) is 17.5. The molecule has 7 heteroatoms. The average Bonchev–Trinajstić information content (AvgIpc) is 2.60. The van der Waals surface area contributed by atoms with Crippen molar-refractivity contribution in [1.82, 2.24) is 9.97 Å². The molecular formula is C19H15F2N3O2. The molecule has 0 unspecified atom stereocenters. The Balaban J connectivity index is 1.69. The maximum absolute atomic E-state index is 13.3. The van der Waals surface area contributed by atoms with Gasteiger partial charge in [-0.1, -0.05) is 6.07 Å². The normalized spacial score (nSPS) is 10.4. The molecule has 0 aliphatic carbocycles. The van der Waals surface area contributed by atoms with Crippen LogP contribution in [-0.4, -0.2) is 22.4 Å². The van der Waals surface area contributed by atoms with Gasteiger partial charge in [0.2, 0.25) is 11.8 Å². The highest BCUT2D eigenvalue weighted by molar-refractivity contribution is 5.97. The Hall–Kier alpha value is -3.35. The van der Waals surface area contributed by atoms with E-state index in [4.69, 9.17) is 4.74 Å². The lowest BCUT2D eigenvalue weighted by molar-refractivity contribution is 0.0918. The first-order valence-corrected chi connectivity index (χ1v) is 7.79. The summed E-state index contributed by atoms with van der Waals surface area (Å²) in [7, 11) is 0. The van der Waals surface area contributed by atoms with Crippen molar-refractivity contribution in [3.05, 3.63) is 77.5 Å². The Labute approximate surface area is 148 Å². The predicted octanol–water partition coefficient (Wildman–Crippen LogP) is 4.07. The van der Waals surface area contributed by atoms with Crippen LogP contribution >= 0.6 is 0 Å². The summed E-state index contributed by atoms with van der Waals surface area (Å²) in [5.74, 6) is -0.682. The highest BCUT2D eigenvalue weighted by atomic mass is 19.1. The quantitative estimate of drug-likeness (QED) is 0.676. The number of ether oxygens (including phenoxy) is 1. The van der Waals surface area contributed by atoms with Gasteiger partial charge in [-0.2, -0.15) is 4.98 Å². The van der Waals surface area contributed by atoms with Crippen molar-refractivity contribution in [1.29, 1.82) is 0 Å². The lowest BCUT2D eigenvalue weighted by Crippen LogP contribution is -2.13. The second-order valence-corrected chi connectivity index (χ2v) is 5.53. The van der Waals surface area contributed by atoms with Gasteiger partial charge in [-0.25, -0.2) is 13.8 Å². The van der Waals surface area contributed by atoms with Crippen LogP contribution in [0.4, 0.5) is 20.4 Å². The highest BCUT2D eigenvalue weighted by Crippen LogP contribution is 2.18. The van der Waals surface area contributed by atoms with Gasteiger partial charge in [0, 0.05) is 23.0 Å². The van der Waals surface area contributed by atoms with Gasteiger partial charge in [0.15, 0.2) is 12.4 Å². The van der Waals surface area contributed by atoms with Crippen molar-refractivity contribution in [3.8, 4) is 5.88 Å². The van der Waals surface area contributed by atoms with Gasteiger partial charge in [0.1, 0.15) is 11.6 Å². The smallest absolute Gasteiger partial charge is 0.230 e. The van der Waals surface area contributed by atoms with Gasteiger partial charge in [-0.05, 0) is 49.4 Å². The Kier molecular flexibility index (Phi) is 5.17. The monoisotopic (exact) mass is 355 g/mol. The number of nitrogens with one attached hydrogen (secondary N) is 1. The molecule has 0 aliphatic heterocycles. The molecule has 0 fully saturated rings. The van der Waals surface area contributed by atoms with E-state index in [1.807, 2.05) is 0 Å². The molecule has 132 valence electrons. The Morgan fingerprint density at radius 2 is 1.81 bits per heavy atom. The number of hydrogen-bond donors (Lipinski definition) is 1. The molecule has 0 spiro atoms. The van der Waals surface area contributed by atoms with Gasteiger partial charge in [0.25, 0.3) is 0 Å². The topological polar surface area (TPSA) is 64.1 Å². The number of anilines is 2. The molecule has 1 heterocycles. The van der Waals surface area contributed by atoms with E-state index in [0.29, 0.717) is 16.9 Å². The molecule has 0 aliphatic rings. The van der Waals surface area contributed by atoms with Gasteiger partial charge < -0.3 is 10.1 Å². The van der Waals surface area contributed by atoms with E-state index in [1.54, 1.807) is 25.1 Å². The molecule has 0 saturated heterocycles. The van der Waals surface area contributed by atoms with Gasteiger partial charge >= 0.3 is 0 Å². The third-order valence-corrected chi connectivity index (χ3v) is 3.43. The summed E-state index contributed by atoms with van der Waals surface area (Å²) in [6.07, 6.45) is 0. The van der Waals surface area contributed by atoms with E-state index in [9.17, 15) is 13.6 Å². The molecule has 0 saturated carbocycles. The molecule has 0 radical (unpaired) electrons. The molecule has 1 N–H and O–H groups in total. The van der Waals surface area contributed by atoms with Crippen LogP contribution in [0.15, 0.2) is 54.6 Å². The van der Waals surface area contributed by atoms with E-state index in [1.165, 1.54) is 36.4 Å². The molecule has 26 heavy (non-hydrogen) atoms. The second-order valence-electron chi connectivity index (χ2n) is 5.53. The first-order chi connectivity index (χ1) is 12.5. The van der Waals surface area contributed by atoms with Crippen LogP contribution < -0.4 is 10.1 Å². The molecule has 0 bridgehead atoms. The van der Waals surface area contributed by atoms with Crippen LogP contribution in [0.2, 0.25) is 0 Å². The van der Waals surface area contributed by atoms with Crippen molar-refractivity contribution < 1.29 is 18.3 Å². The van der Waals surface area contributed by atoms with Gasteiger partial charge in [-0.3, -0.25) is 4.79 Å². The van der Waals surface area contributed by atoms with Crippen molar-refractivity contribution in [2.75, 3.05) is 11.9 Å². The van der Waals surface area contributed by atoms with Crippen molar-refractivity contribution in [2.24, 2.45) is 0 Å². The summed E-state index contributed by atoms with van der Waals surface area (Å²) in [5, 5.41) is 2.88. The number of Topliss-reactive ketones (excluding diaryl/α,β-unsaturated/α-hetero) is 1. The summed E-state index contributed by atoms with van der Waals surface area (Å²) < 4.78 is 31.6. The average molecular weight is 355 g/mol. The maximum atomic E-state index is 13.3. The minimum absolute atomic E-state index is 0.201. The van der Waals surface area contributed by atoms with Crippen LogP contribution in [0.25, 0.3) is 0 Å². The lowest BCUT2D eigenvalue weighted by atomic mass is 10.1. The van der Waals surface area contributed by atoms with E-state index >= 15 is 0 Å². The summed E-state index contributed by atoms with van der Waals surface area (Å²) in [6.45, 7) is 1.49. The highest BCUT2D eigenvalue weighted by Gasteiger charge is 2.09. The zero-order chi connectivity index (χ0) is 18.5. The fraction of sp³-hybridized carbons (Fsp3) is 0.105. The van der Waals surface area contributed by atoms with Gasteiger partial charge in [0.05, 0.1) is 0 Å². The largest absolute Gasteiger partial charge is 0.469 e. The minimum atomic E-state index is -0.415. The Morgan fingerprint density at radius 1 is 1.04 bits per heavy atom. The summed E-state index contributed by atoms with van der Waals surface area (Å²) >= 11 is 0.